The average molecular weight is 283 g/mol. The highest BCUT2D eigenvalue weighted by Gasteiger charge is 2.27. The Morgan fingerprint density at radius 1 is 1.32 bits per heavy atom. The normalized spacial score (nSPS) is 15.9. The van der Waals surface area contributed by atoms with E-state index in [1.165, 1.54) is 25.0 Å². The molecular formula is C13H21N3O2S. The molecule has 5 nitrogen and oxygen atoms in total. The van der Waals surface area contributed by atoms with Crippen LogP contribution in [0.3, 0.4) is 0 Å². The zero-order chi connectivity index (χ0) is 13.9. The Balaban J connectivity index is 1.88. The van der Waals surface area contributed by atoms with Crippen LogP contribution in [-0.4, -0.2) is 39.0 Å². The van der Waals surface area contributed by atoms with Crippen molar-refractivity contribution in [2.75, 3.05) is 25.4 Å². The van der Waals surface area contributed by atoms with Crippen molar-refractivity contribution in [3.63, 3.8) is 0 Å². The summed E-state index contributed by atoms with van der Waals surface area (Å²) in [6.45, 7) is 4.27. The summed E-state index contributed by atoms with van der Waals surface area (Å²) in [4.78, 5) is 2.57. The lowest BCUT2D eigenvalue weighted by Crippen LogP contribution is -2.36. The van der Waals surface area contributed by atoms with Gasteiger partial charge < -0.3 is 5.73 Å². The summed E-state index contributed by atoms with van der Waals surface area (Å²) in [5, 5.41) is 0. The summed E-state index contributed by atoms with van der Waals surface area (Å²) in [6.07, 6.45) is 2.47. The highest BCUT2D eigenvalue weighted by Crippen LogP contribution is 2.25. The molecule has 0 bridgehead atoms. The van der Waals surface area contributed by atoms with E-state index in [1.54, 1.807) is 12.1 Å². The van der Waals surface area contributed by atoms with Gasteiger partial charge >= 0.3 is 0 Å². The molecule has 1 saturated carbocycles. The number of anilines is 1. The van der Waals surface area contributed by atoms with E-state index in [1.807, 2.05) is 0 Å². The maximum atomic E-state index is 12.0. The summed E-state index contributed by atoms with van der Waals surface area (Å²) in [5.41, 5.74) is 6.11. The van der Waals surface area contributed by atoms with Gasteiger partial charge in [-0.2, -0.15) is 0 Å². The quantitative estimate of drug-likeness (QED) is 0.733. The van der Waals surface area contributed by atoms with Gasteiger partial charge in [0.05, 0.1) is 4.90 Å². The largest absolute Gasteiger partial charge is 0.399 e. The van der Waals surface area contributed by atoms with Crippen LogP contribution < -0.4 is 10.5 Å². The smallest absolute Gasteiger partial charge is 0.240 e. The standard InChI is InChI=1S/C13H21N3O2S/c1-2-16(12-5-6-12)10-9-15-19(17,18)13-7-3-11(14)4-8-13/h3-4,7-8,12,15H,2,5-6,9-10,14H2,1H3. The first-order valence-corrected chi connectivity index (χ1v) is 8.10. The van der Waals surface area contributed by atoms with Crippen molar-refractivity contribution in [3.05, 3.63) is 24.3 Å². The van der Waals surface area contributed by atoms with Gasteiger partial charge in [0, 0.05) is 24.8 Å². The van der Waals surface area contributed by atoms with E-state index in [0.29, 0.717) is 18.3 Å². The zero-order valence-corrected chi connectivity index (χ0v) is 12.0. The van der Waals surface area contributed by atoms with Crippen molar-refractivity contribution < 1.29 is 8.42 Å². The Morgan fingerprint density at radius 3 is 2.47 bits per heavy atom. The number of nitrogen functional groups attached to an aromatic ring is 1. The third-order valence-corrected chi connectivity index (χ3v) is 4.83. The molecule has 0 aromatic heterocycles. The number of hydrogen-bond donors (Lipinski definition) is 2. The summed E-state index contributed by atoms with van der Waals surface area (Å²) >= 11 is 0. The molecule has 2 rings (SSSR count). The molecule has 19 heavy (non-hydrogen) atoms. The van der Waals surface area contributed by atoms with Crippen molar-refractivity contribution in [1.29, 1.82) is 0 Å². The molecule has 1 aliphatic carbocycles. The van der Waals surface area contributed by atoms with Crippen molar-refractivity contribution in [3.8, 4) is 0 Å². The molecule has 0 spiro atoms. The predicted octanol–water partition coefficient (Wildman–Crippen LogP) is 1.03. The molecule has 0 unspecified atom stereocenters. The Hall–Kier alpha value is -1.11. The summed E-state index contributed by atoms with van der Waals surface area (Å²) in [5.74, 6) is 0. The second kappa shape index (κ2) is 5.90. The molecule has 0 heterocycles. The molecule has 0 saturated heterocycles. The van der Waals surface area contributed by atoms with Crippen LogP contribution in [0.15, 0.2) is 29.2 Å². The van der Waals surface area contributed by atoms with Gasteiger partial charge in [-0.3, -0.25) is 4.90 Å². The van der Waals surface area contributed by atoms with Gasteiger partial charge in [0.2, 0.25) is 10.0 Å². The van der Waals surface area contributed by atoms with Gasteiger partial charge in [-0.15, -0.1) is 0 Å². The number of benzene rings is 1. The maximum absolute atomic E-state index is 12.0. The lowest BCUT2D eigenvalue weighted by molar-refractivity contribution is 0.282. The molecule has 0 atom stereocenters. The fraction of sp³-hybridized carbons (Fsp3) is 0.538. The second-order valence-electron chi connectivity index (χ2n) is 4.83. The van der Waals surface area contributed by atoms with Gasteiger partial charge in [0.25, 0.3) is 0 Å². The zero-order valence-electron chi connectivity index (χ0n) is 11.2. The third-order valence-electron chi connectivity index (χ3n) is 3.35. The van der Waals surface area contributed by atoms with E-state index in [0.717, 1.165) is 13.1 Å². The highest BCUT2D eigenvalue weighted by molar-refractivity contribution is 7.89. The Kier molecular flexibility index (Phi) is 4.44. The van der Waals surface area contributed by atoms with Crippen LogP contribution in [-0.2, 0) is 10.0 Å². The third kappa shape index (κ3) is 3.92. The van der Waals surface area contributed by atoms with Crippen LogP contribution in [0.5, 0.6) is 0 Å². The van der Waals surface area contributed by atoms with Crippen LogP contribution in [0.2, 0.25) is 0 Å². The van der Waals surface area contributed by atoms with Crippen LogP contribution >= 0.6 is 0 Å². The lowest BCUT2D eigenvalue weighted by Gasteiger charge is -2.19. The van der Waals surface area contributed by atoms with Gasteiger partial charge in [-0.25, -0.2) is 13.1 Å². The molecule has 0 aliphatic heterocycles. The summed E-state index contributed by atoms with van der Waals surface area (Å²) in [7, 11) is -3.42. The molecule has 106 valence electrons. The van der Waals surface area contributed by atoms with E-state index in [-0.39, 0.29) is 4.90 Å². The van der Waals surface area contributed by atoms with Crippen LogP contribution in [0.25, 0.3) is 0 Å². The molecular weight excluding hydrogens is 262 g/mol. The minimum absolute atomic E-state index is 0.260. The minimum atomic E-state index is -3.42. The monoisotopic (exact) mass is 283 g/mol. The van der Waals surface area contributed by atoms with Gasteiger partial charge in [0.15, 0.2) is 0 Å². The van der Waals surface area contributed by atoms with Crippen molar-refractivity contribution >= 4 is 15.7 Å². The van der Waals surface area contributed by atoms with E-state index >= 15 is 0 Å². The van der Waals surface area contributed by atoms with Crippen molar-refractivity contribution in [2.24, 2.45) is 0 Å². The van der Waals surface area contributed by atoms with Crippen molar-refractivity contribution in [2.45, 2.75) is 30.7 Å². The Labute approximate surface area is 114 Å². The topological polar surface area (TPSA) is 75.4 Å². The van der Waals surface area contributed by atoms with E-state index < -0.39 is 10.0 Å². The first-order valence-electron chi connectivity index (χ1n) is 6.62. The van der Waals surface area contributed by atoms with Crippen LogP contribution in [0, 0.1) is 0 Å². The molecule has 1 fully saturated rings. The van der Waals surface area contributed by atoms with E-state index in [9.17, 15) is 8.42 Å². The Bertz CT molecular complexity index is 509. The molecule has 0 amide bonds. The minimum Gasteiger partial charge on any atom is -0.399 e. The molecule has 6 heteroatoms. The number of nitrogens with one attached hydrogen (secondary N) is 1. The molecule has 3 N–H and O–H groups in total. The summed E-state index contributed by atoms with van der Waals surface area (Å²) < 4.78 is 26.7. The summed E-state index contributed by atoms with van der Waals surface area (Å²) in [6, 6.07) is 6.89. The number of nitrogens with zero attached hydrogens (tertiary/aromatic N) is 1. The number of nitrogens with two attached hydrogens (primary N) is 1. The van der Waals surface area contributed by atoms with Gasteiger partial charge in [-0.05, 0) is 43.7 Å². The average Bonchev–Trinajstić information content (AvgIpc) is 3.19. The highest BCUT2D eigenvalue weighted by atomic mass is 32.2. The lowest BCUT2D eigenvalue weighted by atomic mass is 10.3. The van der Waals surface area contributed by atoms with Crippen LogP contribution in [0.4, 0.5) is 5.69 Å². The Morgan fingerprint density at radius 2 is 1.95 bits per heavy atom. The van der Waals surface area contributed by atoms with E-state index in [2.05, 4.69) is 16.5 Å². The molecule has 1 aromatic rings. The molecule has 0 radical (unpaired) electrons. The van der Waals surface area contributed by atoms with Gasteiger partial charge in [-0.1, -0.05) is 6.92 Å². The number of sulfonamides is 1. The number of rotatable bonds is 7. The SMILES string of the molecule is CCN(CCNS(=O)(=O)c1ccc(N)cc1)C1CC1. The molecule has 1 aliphatic rings. The maximum Gasteiger partial charge on any atom is 0.240 e. The first-order chi connectivity index (χ1) is 9.03. The predicted molar refractivity (Wildman–Crippen MR) is 76.3 cm³/mol. The fourth-order valence-corrected chi connectivity index (χ4v) is 3.11. The number of hydrogen-bond acceptors (Lipinski definition) is 4. The van der Waals surface area contributed by atoms with Crippen LogP contribution in [0.1, 0.15) is 19.8 Å². The first kappa shape index (κ1) is 14.3. The second-order valence-corrected chi connectivity index (χ2v) is 6.59. The van der Waals surface area contributed by atoms with E-state index in [4.69, 9.17) is 5.73 Å². The van der Waals surface area contributed by atoms with Gasteiger partial charge in [0.1, 0.15) is 0 Å². The molecule has 1 aromatic carbocycles. The van der Waals surface area contributed by atoms with Crippen molar-refractivity contribution in [1.82, 2.24) is 9.62 Å². The fourth-order valence-electron chi connectivity index (χ4n) is 2.09. The number of likely N-dealkylation sites (N-methyl/N-ethyl adjacent to an activating group) is 1.